The van der Waals surface area contributed by atoms with E-state index in [4.69, 9.17) is 0 Å². The molecule has 8 heteroatoms. The third-order valence-corrected chi connectivity index (χ3v) is 3.41. The van der Waals surface area contributed by atoms with E-state index in [0.29, 0.717) is 16.9 Å². The topological polar surface area (TPSA) is 94.6 Å². The lowest BCUT2D eigenvalue weighted by Gasteiger charge is -2.05. The molecular weight excluding hydrogens is 268 g/mol. The molecule has 0 amide bonds. The molecule has 0 bridgehead atoms. The zero-order chi connectivity index (χ0) is 13.8. The van der Waals surface area contributed by atoms with Gasteiger partial charge in [-0.3, -0.25) is 4.40 Å². The fourth-order valence-corrected chi connectivity index (χ4v) is 2.57. The highest BCUT2D eigenvalue weighted by Crippen LogP contribution is 2.27. The van der Waals surface area contributed by atoms with Crippen molar-refractivity contribution in [2.24, 2.45) is 0 Å². The summed E-state index contributed by atoms with van der Waals surface area (Å²) in [5, 5.41) is 0.809. The second-order valence-corrected chi connectivity index (χ2v) is 4.52. The number of nitrogens with zero attached hydrogens (tertiary/aromatic N) is 8. The molecule has 0 saturated carbocycles. The van der Waals surface area contributed by atoms with E-state index in [1.165, 1.54) is 12.7 Å². The van der Waals surface area contributed by atoms with Crippen molar-refractivity contribution in [1.29, 1.82) is 0 Å². The number of hydrogen-bond donors (Lipinski definition) is 0. The van der Waals surface area contributed by atoms with Crippen LogP contribution in [-0.4, -0.2) is 39.3 Å². The van der Waals surface area contributed by atoms with Gasteiger partial charge in [-0.05, 0) is 0 Å². The van der Waals surface area contributed by atoms with Gasteiger partial charge in [-0.25, -0.2) is 34.9 Å². The van der Waals surface area contributed by atoms with Gasteiger partial charge in [-0.1, -0.05) is 0 Å². The van der Waals surface area contributed by atoms with E-state index in [1.807, 2.05) is 4.40 Å². The maximum absolute atomic E-state index is 4.55. The summed E-state index contributed by atoms with van der Waals surface area (Å²) in [4.78, 5) is 30.0. The summed E-state index contributed by atoms with van der Waals surface area (Å²) in [6, 6.07) is 0. The van der Waals surface area contributed by atoms with Gasteiger partial charge in [0.2, 0.25) is 0 Å². The van der Waals surface area contributed by atoms with Gasteiger partial charge in [0.1, 0.15) is 23.7 Å². The summed E-state index contributed by atoms with van der Waals surface area (Å²) in [6.07, 6.45) is 9.71. The minimum Gasteiger partial charge on any atom is -0.271 e. The summed E-state index contributed by atoms with van der Waals surface area (Å²) >= 11 is 0. The Morgan fingerprint density at radius 2 is 1.57 bits per heavy atom. The van der Waals surface area contributed by atoms with E-state index in [0.717, 1.165) is 21.9 Å². The van der Waals surface area contributed by atoms with Crippen LogP contribution >= 0.6 is 0 Å². The second kappa shape index (κ2) is 3.63. The first kappa shape index (κ1) is 10.5. The summed E-state index contributed by atoms with van der Waals surface area (Å²) in [7, 11) is 0. The Kier molecular flexibility index (Phi) is 1.81. The molecular formula is C13H6N8. The van der Waals surface area contributed by atoms with Crippen molar-refractivity contribution in [2.75, 3.05) is 0 Å². The lowest BCUT2D eigenvalue weighted by molar-refractivity contribution is 1.15. The predicted octanol–water partition coefficient (Wildman–Crippen LogP) is 1.16. The minimum atomic E-state index is 0.569. The molecule has 0 radical (unpaired) electrons. The standard InChI is InChI=1S/C13H6N8/c1-2-17-13-11(16-1)20-12-7-3-14-5-18-9(7)10-8(21(12)13)4-15-6-19-10/h1-6H. The van der Waals surface area contributed by atoms with Crippen molar-refractivity contribution in [3.8, 4) is 0 Å². The van der Waals surface area contributed by atoms with Crippen molar-refractivity contribution in [2.45, 2.75) is 0 Å². The molecule has 5 aromatic rings. The Hall–Kier alpha value is -3.29. The SMILES string of the molecule is c1cnc2c(n1)nc1c3cncnc3c3ncncc3n21. The highest BCUT2D eigenvalue weighted by Gasteiger charge is 2.16. The van der Waals surface area contributed by atoms with Crippen molar-refractivity contribution < 1.29 is 0 Å². The zero-order valence-corrected chi connectivity index (χ0v) is 10.5. The van der Waals surface area contributed by atoms with Crippen molar-refractivity contribution in [3.63, 3.8) is 0 Å². The summed E-state index contributed by atoms with van der Waals surface area (Å²) in [5.74, 6) is 0. The Bertz CT molecular complexity index is 1150. The van der Waals surface area contributed by atoms with Crippen LogP contribution < -0.4 is 0 Å². The van der Waals surface area contributed by atoms with E-state index in [2.05, 4.69) is 34.9 Å². The maximum Gasteiger partial charge on any atom is 0.198 e. The lowest BCUT2D eigenvalue weighted by atomic mass is 10.2. The summed E-state index contributed by atoms with van der Waals surface area (Å²) in [5.41, 5.74) is 4.21. The van der Waals surface area contributed by atoms with Gasteiger partial charge in [0.05, 0.1) is 17.1 Å². The Balaban J connectivity index is 2.25. The van der Waals surface area contributed by atoms with Crippen LogP contribution in [0.4, 0.5) is 0 Å². The summed E-state index contributed by atoms with van der Waals surface area (Å²) in [6.45, 7) is 0. The molecule has 0 unspecified atom stereocenters. The fraction of sp³-hybridized carbons (Fsp3) is 0. The molecule has 0 fully saturated rings. The van der Waals surface area contributed by atoms with Gasteiger partial charge in [0.15, 0.2) is 16.9 Å². The van der Waals surface area contributed by atoms with Crippen LogP contribution in [0.2, 0.25) is 0 Å². The quantitative estimate of drug-likeness (QED) is 0.391. The first-order chi connectivity index (χ1) is 10.4. The van der Waals surface area contributed by atoms with Crippen molar-refractivity contribution in [1.82, 2.24) is 39.3 Å². The summed E-state index contributed by atoms with van der Waals surface area (Å²) < 4.78 is 1.89. The molecule has 0 atom stereocenters. The van der Waals surface area contributed by atoms with Gasteiger partial charge in [0, 0.05) is 18.6 Å². The molecule has 5 aromatic heterocycles. The molecule has 5 rings (SSSR count). The fourth-order valence-electron chi connectivity index (χ4n) is 2.57. The molecule has 98 valence electrons. The van der Waals surface area contributed by atoms with Gasteiger partial charge in [0.25, 0.3) is 0 Å². The largest absolute Gasteiger partial charge is 0.271 e. The van der Waals surface area contributed by atoms with Crippen molar-refractivity contribution in [3.05, 3.63) is 37.4 Å². The monoisotopic (exact) mass is 274 g/mol. The highest BCUT2D eigenvalue weighted by molar-refractivity contribution is 6.09. The van der Waals surface area contributed by atoms with Crippen LogP contribution in [0.25, 0.3) is 38.9 Å². The molecule has 0 aliphatic carbocycles. The average molecular weight is 274 g/mol. The van der Waals surface area contributed by atoms with Crippen LogP contribution in [0.5, 0.6) is 0 Å². The molecule has 0 spiro atoms. The molecule has 8 nitrogen and oxygen atoms in total. The molecule has 0 aliphatic rings. The average Bonchev–Trinajstić information content (AvgIpc) is 2.95. The van der Waals surface area contributed by atoms with Gasteiger partial charge >= 0.3 is 0 Å². The third kappa shape index (κ3) is 1.25. The lowest BCUT2D eigenvalue weighted by Crippen LogP contribution is -1.96. The number of pyridine rings is 1. The molecule has 0 N–H and O–H groups in total. The first-order valence-electron chi connectivity index (χ1n) is 6.24. The van der Waals surface area contributed by atoms with Gasteiger partial charge < -0.3 is 0 Å². The third-order valence-electron chi connectivity index (χ3n) is 3.41. The van der Waals surface area contributed by atoms with Crippen LogP contribution in [-0.2, 0) is 0 Å². The Labute approximate surface area is 116 Å². The normalized spacial score (nSPS) is 11.8. The van der Waals surface area contributed by atoms with Crippen LogP contribution in [0.15, 0.2) is 37.4 Å². The highest BCUT2D eigenvalue weighted by atomic mass is 15.1. The maximum atomic E-state index is 4.55. The molecule has 0 saturated heterocycles. The van der Waals surface area contributed by atoms with Crippen LogP contribution in [0.3, 0.4) is 0 Å². The van der Waals surface area contributed by atoms with Crippen molar-refractivity contribution >= 4 is 38.9 Å². The van der Waals surface area contributed by atoms with E-state index >= 15 is 0 Å². The van der Waals surface area contributed by atoms with Gasteiger partial charge in [-0.2, -0.15) is 0 Å². The zero-order valence-electron chi connectivity index (χ0n) is 10.5. The van der Waals surface area contributed by atoms with E-state index < -0.39 is 0 Å². The number of rotatable bonds is 0. The van der Waals surface area contributed by atoms with E-state index in [1.54, 1.807) is 24.8 Å². The Morgan fingerprint density at radius 3 is 2.52 bits per heavy atom. The number of aromatic nitrogens is 8. The molecule has 0 aromatic carbocycles. The second-order valence-electron chi connectivity index (χ2n) is 4.52. The van der Waals surface area contributed by atoms with Gasteiger partial charge in [-0.15, -0.1) is 0 Å². The minimum absolute atomic E-state index is 0.569. The first-order valence-corrected chi connectivity index (χ1v) is 6.24. The number of fused-ring (bicyclic) bond motifs is 8. The molecule has 5 heterocycles. The van der Waals surface area contributed by atoms with Crippen LogP contribution in [0.1, 0.15) is 0 Å². The Morgan fingerprint density at radius 1 is 0.762 bits per heavy atom. The van der Waals surface area contributed by atoms with Crippen LogP contribution in [0, 0.1) is 0 Å². The number of imidazole rings is 1. The smallest absolute Gasteiger partial charge is 0.198 e. The predicted molar refractivity (Wildman–Crippen MR) is 74.5 cm³/mol. The van der Waals surface area contributed by atoms with E-state index in [9.17, 15) is 0 Å². The van der Waals surface area contributed by atoms with E-state index in [-0.39, 0.29) is 0 Å². The molecule has 21 heavy (non-hydrogen) atoms. The molecule has 0 aliphatic heterocycles. The number of hydrogen-bond acceptors (Lipinski definition) is 7.